The SMILES string of the molecule is COc1ccc(OCCNC(=O)CNC(=O)Cc2ccc(Cl)cc2)cc1. The smallest absolute Gasteiger partial charge is 0.239 e. The number of hydrogen-bond acceptors (Lipinski definition) is 4. The van der Waals surface area contributed by atoms with E-state index >= 15 is 0 Å². The second-order valence-corrected chi connectivity index (χ2v) is 5.89. The summed E-state index contributed by atoms with van der Waals surface area (Å²) in [4.78, 5) is 23.5. The molecule has 26 heavy (non-hydrogen) atoms. The molecule has 0 bridgehead atoms. The van der Waals surface area contributed by atoms with Gasteiger partial charge in [-0.1, -0.05) is 23.7 Å². The lowest BCUT2D eigenvalue weighted by Gasteiger charge is -2.09. The number of ether oxygens (including phenoxy) is 2. The molecule has 0 spiro atoms. The maximum Gasteiger partial charge on any atom is 0.239 e. The number of methoxy groups -OCH3 is 1. The Morgan fingerprint density at radius 2 is 1.58 bits per heavy atom. The Morgan fingerprint density at radius 1 is 0.923 bits per heavy atom. The Morgan fingerprint density at radius 3 is 2.23 bits per heavy atom. The van der Waals surface area contributed by atoms with Crippen LogP contribution in [-0.4, -0.2) is 38.6 Å². The van der Waals surface area contributed by atoms with Crippen LogP contribution in [0.15, 0.2) is 48.5 Å². The van der Waals surface area contributed by atoms with Crippen LogP contribution in [0.3, 0.4) is 0 Å². The Labute approximate surface area is 157 Å². The van der Waals surface area contributed by atoms with Gasteiger partial charge in [0.2, 0.25) is 11.8 Å². The van der Waals surface area contributed by atoms with Gasteiger partial charge in [0, 0.05) is 5.02 Å². The second-order valence-electron chi connectivity index (χ2n) is 5.45. The van der Waals surface area contributed by atoms with Gasteiger partial charge in [0.1, 0.15) is 18.1 Å². The van der Waals surface area contributed by atoms with Gasteiger partial charge in [-0.05, 0) is 42.0 Å². The summed E-state index contributed by atoms with van der Waals surface area (Å²) in [7, 11) is 1.60. The van der Waals surface area contributed by atoms with E-state index < -0.39 is 0 Å². The lowest BCUT2D eigenvalue weighted by molar-refractivity contribution is -0.125. The summed E-state index contributed by atoms with van der Waals surface area (Å²) >= 11 is 5.79. The van der Waals surface area contributed by atoms with E-state index in [-0.39, 0.29) is 24.8 Å². The van der Waals surface area contributed by atoms with Crippen molar-refractivity contribution in [2.45, 2.75) is 6.42 Å². The normalized spacial score (nSPS) is 10.1. The number of halogens is 1. The molecule has 2 rings (SSSR count). The van der Waals surface area contributed by atoms with Crippen molar-refractivity contribution in [3.63, 3.8) is 0 Å². The molecule has 2 N–H and O–H groups in total. The lowest BCUT2D eigenvalue weighted by Crippen LogP contribution is -2.39. The molecule has 0 aromatic heterocycles. The van der Waals surface area contributed by atoms with Crippen molar-refractivity contribution in [3.8, 4) is 11.5 Å². The molecule has 2 amide bonds. The van der Waals surface area contributed by atoms with Crippen LogP contribution >= 0.6 is 11.6 Å². The van der Waals surface area contributed by atoms with Crippen molar-refractivity contribution in [2.75, 3.05) is 26.8 Å². The van der Waals surface area contributed by atoms with Gasteiger partial charge in [-0.25, -0.2) is 0 Å². The van der Waals surface area contributed by atoms with Crippen molar-refractivity contribution < 1.29 is 19.1 Å². The van der Waals surface area contributed by atoms with Gasteiger partial charge in [0.05, 0.1) is 26.6 Å². The quantitative estimate of drug-likeness (QED) is 0.658. The van der Waals surface area contributed by atoms with Crippen LogP contribution < -0.4 is 20.1 Å². The van der Waals surface area contributed by atoms with Crippen LogP contribution in [0.2, 0.25) is 5.02 Å². The van der Waals surface area contributed by atoms with Crippen molar-refractivity contribution in [2.24, 2.45) is 0 Å². The molecular weight excluding hydrogens is 356 g/mol. The van der Waals surface area contributed by atoms with Crippen molar-refractivity contribution >= 4 is 23.4 Å². The van der Waals surface area contributed by atoms with Gasteiger partial charge in [0.15, 0.2) is 0 Å². The minimum Gasteiger partial charge on any atom is -0.497 e. The molecule has 0 heterocycles. The van der Waals surface area contributed by atoms with Gasteiger partial charge < -0.3 is 20.1 Å². The molecule has 0 unspecified atom stereocenters. The largest absolute Gasteiger partial charge is 0.497 e. The fourth-order valence-electron chi connectivity index (χ4n) is 2.12. The van der Waals surface area contributed by atoms with Crippen LogP contribution in [0.1, 0.15) is 5.56 Å². The van der Waals surface area contributed by atoms with E-state index in [2.05, 4.69) is 10.6 Å². The van der Waals surface area contributed by atoms with Crippen LogP contribution in [0.4, 0.5) is 0 Å². The lowest BCUT2D eigenvalue weighted by atomic mass is 10.1. The summed E-state index contributed by atoms with van der Waals surface area (Å²) in [5.74, 6) is 0.945. The molecule has 0 aliphatic rings. The van der Waals surface area contributed by atoms with Crippen LogP contribution in [0.5, 0.6) is 11.5 Å². The van der Waals surface area contributed by atoms with E-state index in [9.17, 15) is 9.59 Å². The molecular formula is C19H21ClN2O4. The number of carbonyl (C=O) groups is 2. The average molecular weight is 377 g/mol. The maximum absolute atomic E-state index is 11.8. The third-order valence-corrected chi connectivity index (χ3v) is 3.73. The summed E-state index contributed by atoms with van der Waals surface area (Å²) < 4.78 is 10.6. The average Bonchev–Trinajstić information content (AvgIpc) is 2.66. The number of carbonyl (C=O) groups excluding carboxylic acids is 2. The molecule has 7 heteroatoms. The Balaban J connectivity index is 1.59. The Kier molecular flexibility index (Phi) is 7.76. The highest BCUT2D eigenvalue weighted by atomic mass is 35.5. The predicted octanol–water partition coefficient (Wildman–Crippen LogP) is 2.20. The van der Waals surface area contributed by atoms with E-state index in [1.54, 1.807) is 55.6 Å². The molecule has 0 fully saturated rings. The topological polar surface area (TPSA) is 76.7 Å². The molecule has 138 valence electrons. The van der Waals surface area contributed by atoms with Gasteiger partial charge in [0.25, 0.3) is 0 Å². The zero-order valence-electron chi connectivity index (χ0n) is 14.5. The minimum absolute atomic E-state index is 0.0744. The summed E-state index contributed by atoms with van der Waals surface area (Å²) in [5.41, 5.74) is 0.834. The zero-order chi connectivity index (χ0) is 18.8. The predicted molar refractivity (Wildman–Crippen MR) is 99.7 cm³/mol. The summed E-state index contributed by atoms with van der Waals surface area (Å²) in [6, 6.07) is 14.2. The highest BCUT2D eigenvalue weighted by Gasteiger charge is 2.06. The van der Waals surface area contributed by atoms with E-state index in [1.165, 1.54) is 0 Å². The number of benzene rings is 2. The third kappa shape index (κ3) is 7.03. The highest BCUT2D eigenvalue weighted by Crippen LogP contribution is 2.16. The van der Waals surface area contributed by atoms with E-state index in [4.69, 9.17) is 21.1 Å². The fourth-order valence-corrected chi connectivity index (χ4v) is 2.25. The van der Waals surface area contributed by atoms with Gasteiger partial charge >= 0.3 is 0 Å². The first-order valence-corrected chi connectivity index (χ1v) is 8.49. The maximum atomic E-state index is 11.8. The molecule has 6 nitrogen and oxygen atoms in total. The molecule has 0 aliphatic carbocycles. The first-order valence-electron chi connectivity index (χ1n) is 8.11. The molecule has 2 aromatic rings. The zero-order valence-corrected chi connectivity index (χ0v) is 15.2. The van der Waals surface area contributed by atoms with Crippen molar-refractivity contribution in [1.82, 2.24) is 10.6 Å². The van der Waals surface area contributed by atoms with Gasteiger partial charge in [-0.15, -0.1) is 0 Å². The monoisotopic (exact) mass is 376 g/mol. The van der Waals surface area contributed by atoms with E-state index in [0.717, 1.165) is 11.3 Å². The van der Waals surface area contributed by atoms with Gasteiger partial charge in [-0.2, -0.15) is 0 Å². The van der Waals surface area contributed by atoms with Gasteiger partial charge in [-0.3, -0.25) is 9.59 Å². The standard InChI is InChI=1S/C19H21ClN2O4/c1-25-16-6-8-17(9-7-16)26-11-10-21-19(24)13-22-18(23)12-14-2-4-15(20)5-3-14/h2-9H,10-13H2,1H3,(H,21,24)(H,22,23). The van der Waals surface area contributed by atoms with Crippen molar-refractivity contribution in [1.29, 1.82) is 0 Å². The van der Waals surface area contributed by atoms with E-state index in [1.807, 2.05) is 0 Å². The third-order valence-electron chi connectivity index (χ3n) is 3.48. The second kappa shape index (κ2) is 10.3. The number of amides is 2. The first-order chi connectivity index (χ1) is 12.6. The summed E-state index contributed by atoms with van der Waals surface area (Å²) in [6.45, 7) is 0.601. The number of rotatable bonds is 9. The molecule has 0 aliphatic heterocycles. The summed E-state index contributed by atoms with van der Waals surface area (Å²) in [5, 5.41) is 5.88. The minimum atomic E-state index is -0.271. The number of nitrogens with one attached hydrogen (secondary N) is 2. The Bertz CT molecular complexity index is 717. The fraction of sp³-hybridized carbons (Fsp3) is 0.263. The molecule has 2 aromatic carbocycles. The van der Waals surface area contributed by atoms with Crippen LogP contribution in [0.25, 0.3) is 0 Å². The molecule has 0 radical (unpaired) electrons. The highest BCUT2D eigenvalue weighted by molar-refractivity contribution is 6.30. The molecule has 0 atom stereocenters. The van der Waals surface area contributed by atoms with Crippen LogP contribution in [-0.2, 0) is 16.0 Å². The number of hydrogen-bond donors (Lipinski definition) is 2. The molecule has 0 saturated carbocycles. The summed E-state index contributed by atoms with van der Waals surface area (Å²) in [6.07, 6.45) is 0.199. The Hall–Kier alpha value is -2.73. The van der Waals surface area contributed by atoms with E-state index in [0.29, 0.717) is 23.9 Å². The van der Waals surface area contributed by atoms with Crippen LogP contribution in [0, 0.1) is 0 Å². The molecule has 0 saturated heterocycles. The first kappa shape index (κ1) is 19.6. The van der Waals surface area contributed by atoms with Crippen molar-refractivity contribution in [3.05, 3.63) is 59.1 Å².